The predicted molar refractivity (Wildman–Crippen MR) is 67.4 cm³/mol. The third-order valence-electron chi connectivity index (χ3n) is 2.41. The van der Waals surface area contributed by atoms with Gasteiger partial charge in [-0.2, -0.15) is 0 Å². The lowest BCUT2D eigenvalue weighted by atomic mass is 10.1. The van der Waals surface area contributed by atoms with Crippen molar-refractivity contribution >= 4 is 29.1 Å². The molecular weight excluding hydrogens is 227 g/mol. The molecule has 86 valence electrons. The van der Waals surface area contributed by atoms with E-state index in [1.165, 1.54) is 12.1 Å². The second-order valence-electron chi connectivity index (χ2n) is 3.62. The van der Waals surface area contributed by atoms with Crippen LogP contribution >= 0.6 is 12.4 Å². The molecule has 0 aliphatic carbocycles. The highest BCUT2D eigenvalue weighted by atomic mass is 35.5. The summed E-state index contributed by atoms with van der Waals surface area (Å²) >= 11 is 0. The first-order valence-corrected chi connectivity index (χ1v) is 5.05. The van der Waals surface area contributed by atoms with Gasteiger partial charge in [0.15, 0.2) is 0 Å². The summed E-state index contributed by atoms with van der Waals surface area (Å²) < 4.78 is 13.0. The smallest absolute Gasteiger partial charge is 0.127 e. The summed E-state index contributed by atoms with van der Waals surface area (Å²) in [7, 11) is 0. The van der Waals surface area contributed by atoms with Crippen molar-refractivity contribution in [3.63, 3.8) is 0 Å². The molecule has 2 rings (SSSR count). The average molecular weight is 241 g/mol. The number of halogens is 2. The lowest BCUT2D eigenvalue weighted by Crippen LogP contribution is -1.98. The fourth-order valence-corrected chi connectivity index (χ4v) is 1.68. The Labute approximate surface area is 100 Å². The number of nitrogens with zero attached hydrogens (tertiary/aromatic N) is 1. The standard InChI is InChI=1S/C12H13FN2.ClH/c1-2-3-8-6-9-7-10(13)4-5-11(9)15-12(8)14;/h4-7H,2-3H2,1H3,(H2,14,15);1H. The van der Waals surface area contributed by atoms with Crippen molar-refractivity contribution in [1.29, 1.82) is 0 Å². The number of pyridine rings is 1. The van der Waals surface area contributed by atoms with Gasteiger partial charge in [0.25, 0.3) is 0 Å². The number of aromatic nitrogens is 1. The molecule has 0 radical (unpaired) electrons. The van der Waals surface area contributed by atoms with E-state index < -0.39 is 0 Å². The molecule has 0 saturated carbocycles. The van der Waals surface area contributed by atoms with Crippen molar-refractivity contribution in [2.75, 3.05) is 5.73 Å². The summed E-state index contributed by atoms with van der Waals surface area (Å²) in [4.78, 5) is 4.25. The molecule has 0 aliphatic heterocycles. The zero-order valence-corrected chi connectivity index (χ0v) is 9.85. The minimum Gasteiger partial charge on any atom is -0.383 e. The maximum atomic E-state index is 13.0. The molecule has 1 aromatic carbocycles. The summed E-state index contributed by atoms with van der Waals surface area (Å²) in [5.74, 6) is 0.312. The average Bonchev–Trinajstić information content (AvgIpc) is 2.20. The van der Waals surface area contributed by atoms with Gasteiger partial charge in [0, 0.05) is 5.39 Å². The molecule has 0 fully saturated rings. The lowest BCUT2D eigenvalue weighted by Gasteiger charge is -2.05. The van der Waals surface area contributed by atoms with Crippen molar-refractivity contribution in [3.8, 4) is 0 Å². The van der Waals surface area contributed by atoms with E-state index in [0.29, 0.717) is 5.82 Å². The molecule has 0 amide bonds. The molecule has 4 heteroatoms. The SMILES string of the molecule is CCCc1cc2cc(F)ccc2nc1N.Cl. The highest BCUT2D eigenvalue weighted by molar-refractivity contribution is 5.85. The Hall–Kier alpha value is -1.35. The van der Waals surface area contributed by atoms with Crippen LogP contribution in [0.2, 0.25) is 0 Å². The summed E-state index contributed by atoms with van der Waals surface area (Å²) in [6, 6.07) is 6.45. The van der Waals surface area contributed by atoms with Crippen LogP contribution in [0, 0.1) is 5.82 Å². The van der Waals surface area contributed by atoms with Crippen LogP contribution in [0.3, 0.4) is 0 Å². The van der Waals surface area contributed by atoms with Gasteiger partial charge in [-0.25, -0.2) is 9.37 Å². The van der Waals surface area contributed by atoms with Gasteiger partial charge in [-0.3, -0.25) is 0 Å². The third-order valence-corrected chi connectivity index (χ3v) is 2.41. The fourth-order valence-electron chi connectivity index (χ4n) is 1.68. The van der Waals surface area contributed by atoms with Gasteiger partial charge in [-0.1, -0.05) is 13.3 Å². The molecule has 0 atom stereocenters. The van der Waals surface area contributed by atoms with Gasteiger partial charge in [0.05, 0.1) is 5.52 Å². The minimum absolute atomic E-state index is 0. The topological polar surface area (TPSA) is 38.9 Å². The lowest BCUT2D eigenvalue weighted by molar-refractivity contribution is 0.629. The second-order valence-corrected chi connectivity index (χ2v) is 3.62. The first-order chi connectivity index (χ1) is 7.20. The number of aryl methyl sites for hydroxylation is 1. The molecule has 2 nitrogen and oxygen atoms in total. The molecular formula is C12H14ClFN2. The van der Waals surface area contributed by atoms with E-state index in [2.05, 4.69) is 11.9 Å². The van der Waals surface area contributed by atoms with Crippen LogP contribution in [0.1, 0.15) is 18.9 Å². The van der Waals surface area contributed by atoms with Crippen LogP contribution in [0.4, 0.5) is 10.2 Å². The molecule has 0 spiro atoms. The van der Waals surface area contributed by atoms with Crippen LogP contribution < -0.4 is 5.73 Å². The molecule has 0 aliphatic rings. The highest BCUT2D eigenvalue weighted by Crippen LogP contribution is 2.20. The molecule has 1 heterocycles. The molecule has 1 aromatic heterocycles. The van der Waals surface area contributed by atoms with Gasteiger partial charge in [-0.05, 0) is 36.2 Å². The Morgan fingerprint density at radius 2 is 2.06 bits per heavy atom. The largest absolute Gasteiger partial charge is 0.383 e. The van der Waals surface area contributed by atoms with Crippen molar-refractivity contribution in [3.05, 3.63) is 35.6 Å². The normalized spacial score (nSPS) is 10.1. The molecule has 0 saturated heterocycles. The molecule has 2 aromatic rings. The van der Waals surface area contributed by atoms with Gasteiger partial charge in [-0.15, -0.1) is 12.4 Å². The maximum absolute atomic E-state index is 13.0. The number of benzene rings is 1. The third kappa shape index (κ3) is 2.42. The van der Waals surface area contributed by atoms with E-state index >= 15 is 0 Å². The zero-order valence-electron chi connectivity index (χ0n) is 9.03. The zero-order chi connectivity index (χ0) is 10.8. The van der Waals surface area contributed by atoms with E-state index in [4.69, 9.17) is 5.73 Å². The van der Waals surface area contributed by atoms with Crippen molar-refractivity contribution in [2.45, 2.75) is 19.8 Å². The number of nitrogens with two attached hydrogens (primary N) is 1. The summed E-state index contributed by atoms with van der Waals surface area (Å²) in [5.41, 5.74) is 7.55. The Morgan fingerprint density at radius 3 is 2.75 bits per heavy atom. The van der Waals surface area contributed by atoms with Crippen LogP contribution in [0.25, 0.3) is 10.9 Å². The fraction of sp³-hybridized carbons (Fsp3) is 0.250. The number of fused-ring (bicyclic) bond motifs is 1. The Morgan fingerprint density at radius 1 is 1.31 bits per heavy atom. The predicted octanol–water partition coefficient (Wildman–Crippen LogP) is 3.33. The number of hydrogen-bond acceptors (Lipinski definition) is 2. The monoisotopic (exact) mass is 240 g/mol. The number of nitrogen functional groups attached to an aromatic ring is 1. The van der Waals surface area contributed by atoms with Gasteiger partial charge in [0.2, 0.25) is 0 Å². The van der Waals surface area contributed by atoms with E-state index in [-0.39, 0.29) is 18.2 Å². The van der Waals surface area contributed by atoms with Crippen LogP contribution in [-0.2, 0) is 6.42 Å². The Kier molecular flexibility index (Phi) is 4.07. The first-order valence-electron chi connectivity index (χ1n) is 5.05. The summed E-state index contributed by atoms with van der Waals surface area (Å²) in [6.07, 6.45) is 1.89. The van der Waals surface area contributed by atoms with Gasteiger partial charge >= 0.3 is 0 Å². The van der Waals surface area contributed by atoms with E-state index in [1.54, 1.807) is 6.07 Å². The summed E-state index contributed by atoms with van der Waals surface area (Å²) in [6.45, 7) is 2.08. The molecule has 0 bridgehead atoms. The highest BCUT2D eigenvalue weighted by Gasteiger charge is 2.03. The van der Waals surface area contributed by atoms with Gasteiger partial charge < -0.3 is 5.73 Å². The van der Waals surface area contributed by atoms with Gasteiger partial charge in [0.1, 0.15) is 11.6 Å². The molecule has 0 unspecified atom stereocenters. The van der Waals surface area contributed by atoms with E-state index in [1.807, 2.05) is 6.07 Å². The molecule has 2 N–H and O–H groups in total. The van der Waals surface area contributed by atoms with Crippen molar-refractivity contribution < 1.29 is 4.39 Å². The van der Waals surface area contributed by atoms with Crippen LogP contribution in [-0.4, -0.2) is 4.98 Å². The van der Waals surface area contributed by atoms with Crippen LogP contribution in [0.15, 0.2) is 24.3 Å². The van der Waals surface area contributed by atoms with E-state index in [9.17, 15) is 4.39 Å². The number of anilines is 1. The minimum atomic E-state index is -0.239. The van der Waals surface area contributed by atoms with Crippen LogP contribution in [0.5, 0.6) is 0 Å². The molecule has 16 heavy (non-hydrogen) atoms. The van der Waals surface area contributed by atoms with Crippen molar-refractivity contribution in [2.24, 2.45) is 0 Å². The number of rotatable bonds is 2. The maximum Gasteiger partial charge on any atom is 0.127 e. The number of hydrogen-bond donors (Lipinski definition) is 1. The second kappa shape index (κ2) is 5.12. The Bertz CT molecular complexity index is 500. The first kappa shape index (κ1) is 12.7. The quantitative estimate of drug-likeness (QED) is 0.875. The Balaban J connectivity index is 0.00000128. The van der Waals surface area contributed by atoms with E-state index in [0.717, 1.165) is 29.3 Å². The summed E-state index contributed by atoms with van der Waals surface area (Å²) in [5, 5.41) is 0.813. The van der Waals surface area contributed by atoms with Crippen molar-refractivity contribution in [1.82, 2.24) is 4.98 Å².